The summed E-state index contributed by atoms with van der Waals surface area (Å²) in [4.78, 5) is 15.7. The molecule has 3 N–H and O–H groups in total. The molecule has 94 valence electrons. The number of amides is 1. The number of nitrogen functional groups attached to an aromatic ring is 1. The van der Waals surface area contributed by atoms with Crippen molar-refractivity contribution in [3.8, 4) is 0 Å². The normalized spacial score (nSPS) is 19.2. The van der Waals surface area contributed by atoms with E-state index in [2.05, 4.69) is 10.3 Å². The Labute approximate surface area is 106 Å². The molecule has 0 bridgehead atoms. The molecule has 1 aliphatic heterocycles. The van der Waals surface area contributed by atoms with Gasteiger partial charge in [0.1, 0.15) is 11.9 Å². The van der Waals surface area contributed by atoms with Crippen molar-refractivity contribution in [1.29, 1.82) is 0 Å². The number of aromatic nitrogens is 1. The van der Waals surface area contributed by atoms with E-state index < -0.39 is 0 Å². The Morgan fingerprint density at radius 1 is 1.47 bits per heavy atom. The minimum Gasteiger partial charge on any atom is -0.384 e. The molecule has 1 amide bonds. The summed E-state index contributed by atoms with van der Waals surface area (Å²) in [5, 5.41) is 2.76. The largest absolute Gasteiger partial charge is 0.384 e. The number of hydrogen-bond donors (Lipinski definition) is 2. The van der Waals surface area contributed by atoms with Crippen molar-refractivity contribution in [3.63, 3.8) is 0 Å². The number of nitrogens with two attached hydrogens (primary N) is 1. The maximum Gasteiger partial charge on any atom is 0.253 e. The number of hydrogen-bond acceptors (Lipinski definition) is 4. The van der Waals surface area contributed by atoms with Crippen LogP contribution in [0.5, 0.6) is 0 Å². The van der Waals surface area contributed by atoms with Crippen LogP contribution in [0.4, 0.5) is 11.5 Å². The van der Waals surface area contributed by atoms with Crippen molar-refractivity contribution in [1.82, 2.24) is 4.98 Å². The Hall–Kier alpha value is -1.33. The Bertz CT molecular complexity index is 363. The van der Waals surface area contributed by atoms with E-state index in [1.54, 1.807) is 12.1 Å². The molecule has 0 radical (unpaired) electrons. The van der Waals surface area contributed by atoms with Gasteiger partial charge in [-0.2, -0.15) is 0 Å². The Balaban J connectivity index is 0.00000144. The first-order chi connectivity index (χ1) is 7.75. The molecule has 1 atom stereocenters. The average Bonchev–Trinajstić information content (AvgIpc) is 2.33. The minimum atomic E-state index is -0.327. The quantitative estimate of drug-likeness (QED) is 0.844. The summed E-state index contributed by atoms with van der Waals surface area (Å²) < 4.78 is 5.38. The van der Waals surface area contributed by atoms with Crippen LogP contribution >= 0.6 is 12.4 Å². The third kappa shape index (κ3) is 3.87. The first kappa shape index (κ1) is 13.7. The average molecular weight is 258 g/mol. The van der Waals surface area contributed by atoms with Crippen LogP contribution < -0.4 is 11.1 Å². The Morgan fingerprint density at radius 2 is 2.29 bits per heavy atom. The van der Waals surface area contributed by atoms with Crippen LogP contribution in [0.2, 0.25) is 0 Å². The molecule has 6 heteroatoms. The number of rotatable bonds is 2. The molecule has 0 aliphatic carbocycles. The molecule has 2 heterocycles. The van der Waals surface area contributed by atoms with Crippen LogP contribution in [0.3, 0.4) is 0 Å². The topological polar surface area (TPSA) is 77.2 Å². The first-order valence-electron chi connectivity index (χ1n) is 5.40. The fourth-order valence-corrected chi connectivity index (χ4v) is 1.65. The number of nitrogens with one attached hydrogen (secondary N) is 1. The lowest BCUT2D eigenvalue weighted by Crippen LogP contribution is -2.33. The summed E-state index contributed by atoms with van der Waals surface area (Å²) in [6.45, 7) is 0.665. The monoisotopic (exact) mass is 257 g/mol. The lowest BCUT2D eigenvalue weighted by molar-refractivity contribution is -0.129. The van der Waals surface area contributed by atoms with Gasteiger partial charge in [-0.25, -0.2) is 4.98 Å². The van der Waals surface area contributed by atoms with Gasteiger partial charge in [0.15, 0.2) is 0 Å². The summed E-state index contributed by atoms with van der Waals surface area (Å²) in [6, 6.07) is 3.38. The van der Waals surface area contributed by atoms with Crippen molar-refractivity contribution in [3.05, 3.63) is 18.3 Å². The van der Waals surface area contributed by atoms with Gasteiger partial charge in [-0.15, -0.1) is 12.4 Å². The molecule has 0 aromatic carbocycles. The maximum absolute atomic E-state index is 11.8. The molecule has 1 aromatic rings. The summed E-state index contributed by atoms with van der Waals surface area (Å²) >= 11 is 0. The molecule has 0 spiro atoms. The highest BCUT2D eigenvalue weighted by Gasteiger charge is 2.21. The van der Waals surface area contributed by atoms with Crippen LogP contribution in [0.15, 0.2) is 18.3 Å². The van der Waals surface area contributed by atoms with Crippen LogP contribution in [0.1, 0.15) is 19.3 Å². The summed E-state index contributed by atoms with van der Waals surface area (Å²) in [7, 11) is 0. The number of anilines is 2. The fourth-order valence-electron chi connectivity index (χ4n) is 1.65. The van der Waals surface area contributed by atoms with Gasteiger partial charge in [0, 0.05) is 6.61 Å². The standard InChI is InChI=1S/C11H15N3O2.ClH/c12-10-5-4-8(7-13-10)14-11(15)9-3-1-2-6-16-9;/h4-5,7,9H,1-3,6H2,(H2,12,13)(H,14,15);1H. The van der Waals surface area contributed by atoms with E-state index in [0.29, 0.717) is 18.1 Å². The predicted octanol–water partition coefficient (Wildman–Crippen LogP) is 1.59. The van der Waals surface area contributed by atoms with E-state index in [0.717, 1.165) is 19.3 Å². The van der Waals surface area contributed by atoms with Crippen LogP contribution in [0.25, 0.3) is 0 Å². The molecule has 1 unspecified atom stereocenters. The SMILES string of the molecule is Cl.Nc1ccc(NC(=O)C2CCCCO2)cn1. The van der Waals surface area contributed by atoms with E-state index in [1.165, 1.54) is 6.20 Å². The van der Waals surface area contributed by atoms with E-state index >= 15 is 0 Å². The van der Waals surface area contributed by atoms with Crippen molar-refractivity contribution < 1.29 is 9.53 Å². The molecular formula is C11H16ClN3O2. The molecule has 1 saturated heterocycles. The maximum atomic E-state index is 11.8. The molecule has 1 aromatic heterocycles. The van der Waals surface area contributed by atoms with Crippen LogP contribution in [0, 0.1) is 0 Å². The second-order valence-corrected chi connectivity index (χ2v) is 3.82. The van der Waals surface area contributed by atoms with Gasteiger partial charge < -0.3 is 15.8 Å². The zero-order valence-electron chi connectivity index (χ0n) is 9.39. The smallest absolute Gasteiger partial charge is 0.253 e. The molecule has 5 nitrogen and oxygen atoms in total. The van der Waals surface area contributed by atoms with Crippen molar-refractivity contribution in [2.24, 2.45) is 0 Å². The van der Waals surface area contributed by atoms with Gasteiger partial charge in [-0.1, -0.05) is 0 Å². The first-order valence-corrected chi connectivity index (χ1v) is 5.40. The van der Waals surface area contributed by atoms with Crippen molar-refractivity contribution in [2.75, 3.05) is 17.7 Å². The molecule has 0 saturated carbocycles. The summed E-state index contributed by atoms with van der Waals surface area (Å²) in [5.74, 6) is 0.332. The van der Waals surface area contributed by atoms with E-state index in [9.17, 15) is 4.79 Å². The fraction of sp³-hybridized carbons (Fsp3) is 0.455. The number of ether oxygens (including phenoxy) is 1. The lowest BCUT2D eigenvalue weighted by Gasteiger charge is -2.21. The highest BCUT2D eigenvalue weighted by molar-refractivity contribution is 5.94. The summed E-state index contributed by atoms with van der Waals surface area (Å²) in [5.41, 5.74) is 6.10. The lowest BCUT2D eigenvalue weighted by atomic mass is 10.1. The van der Waals surface area contributed by atoms with Gasteiger partial charge in [0.05, 0.1) is 11.9 Å². The van der Waals surface area contributed by atoms with E-state index in [4.69, 9.17) is 10.5 Å². The third-order valence-corrected chi connectivity index (χ3v) is 2.53. The zero-order chi connectivity index (χ0) is 11.4. The minimum absolute atomic E-state index is 0. The van der Waals surface area contributed by atoms with Crippen LogP contribution in [-0.4, -0.2) is 23.6 Å². The number of carbonyl (C=O) groups excluding carboxylic acids is 1. The van der Waals surface area contributed by atoms with E-state index in [1.807, 2.05) is 0 Å². The third-order valence-electron chi connectivity index (χ3n) is 2.53. The summed E-state index contributed by atoms with van der Waals surface area (Å²) in [6.07, 6.45) is 4.07. The molecule has 1 fully saturated rings. The van der Waals surface area contributed by atoms with Crippen LogP contribution in [-0.2, 0) is 9.53 Å². The second-order valence-electron chi connectivity index (χ2n) is 3.82. The van der Waals surface area contributed by atoms with Gasteiger partial charge in [0.2, 0.25) is 0 Å². The molecule has 2 rings (SSSR count). The molecule has 1 aliphatic rings. The number of nitrogens with zero attached hydrogens (tertiary/aromatic N) is 1. The van der Waals surface area contributed by atoms with Gasteiger partial charge >= 0.3 is 0 Å². The Kier molecular flexibility index (Phi) is 5.18. The highest BCUT2D eigenvalue weighted by Crippen LogP contribution is 2.15. The zero-order valence-corrected chi connectivity index (χ0v) is 10.2. The number of pyridine rings is 1. The van der Waals surface area contributed by atoms with E-state index in [-0.39, 0.29) is 24.4 Å². The van der Waals surface area contributed by atoms with Crippen molar-refractivity contribution in [2.45, 2.75) is 25.4 Å². The predicted molar refractivity (Wildman–Crippen MR) is 68.1 cm³/mol. The number of halogens is 1. The van der Waals surface area contributed by atoms with Gasteiger partial charge in [0.25, 0.3) is 5.91 Å². The second kappa shape index (κ2) is 6.42. The van der Waals surface area contributed by atoms with Gasteiger partial charge in [-0.3, -0.25) is 4.79 Å². The van der Waals surface area contributed by atoms with Gasteiger partial charge in [-0.05, 0) is 31.4 Å². The molecule has 17 heavy (non-hydrogen) atoms. The van der Waals surface area contributed by atoms with Crippen molar-refractivity contribution >= 4 is 29.8 Å². The highest BCUT2D eigenvalue weighted by atomic mass is 35.5. The number of carbonyl (C=O) groups is 1. The molecular weight excluding hydrogens is 242 g/mol. The Morgan fingerprint density at radius 3 is 2.88 bits per heavy atom.